The number of amides is 2. The molecule has 1 aromatic rings. The van der Waals surface area contributed by atoms with Crippen LogP contribution in [0.1, 0.15) is 62.5 Å². The molecule has 2 amide bonds. The Morgan fingerprint density at radius 3 is 2.56 bits per heavy atom. The third kappa shape index (κ3) is 5.85. The van der Waals surface area contributed by atoms with Crippen LogP contribution in [0.15, 0.2) is 17.2 Å². The third-order valence-corrected chi connectivity index (χ3v) is 5.22. The molecule has 25 heavy (non-hydrogen) atoms. The fourth-order valence-corrected chi connectivity index (χ4v) is 3.34. The molecule has 0 saturated heterocycles. The fraction of sp³-hybridized carbons (Fsp3) is 0.556. The Kier molecular flexibility index (Phi) is 6.58. The van der Waals surface area contributed by atoms with Gasteiger partial charge in [0.15, 0.2) is 0 Å². The van der Waals surface area contributed by atoms with Gasteiger partial charge in [-0.25, -0.2) is 4.98 Å². The molecular formula is C18H26N4O2S. The first-order chi connectivity index (χ1) is 11.8. The van der Waals surface area contributed by atoms with Crippen LogP contribution in [0.5, 0.6) is 0 Å². The number of nitrogens with one attached hydrogen (secondary N) is 3. The number of aromatic nitrogens is 1. The standard InChI is InChI=1S/C18H26N4O2S/c1-10(2)9-25-18-14(13-5-6-13)7-8-15(22-18)17(24)20-11(3)16(19)21-12(4)23/h7-8,10-11,13H,5-6,9H2,1-4H3,(H,20,24)(H2,19,21,23). The van der Waals surface area contributed by atoms with Gasteiger partial charge in [0.25, 0.3) is 5.91 Å². The molecule has 0 aliphatic heterocycles. The lowest BCUT2D eigenvalue weighted by Crippen LogP contribution is -2.45. The van der Waals surface area contributed by atoms with E-state index in [9.17, 15) is 9.59 Å². The van der Waals surface area contributed by atoms with Crippen LogP contribution in [-0.4, -0.2) is 34.4 Å². The zero-order valence-corrected chi connectivity index (χ0v) is 16.0. The molecule has 0 aromatic carbocycles. The summed E-state index contributed by atoms with van der Waals surface area (Å²) < 4.78 is 0. The maximum Gasteiger partial charge on any atom is 0.270 e. The Hall–Kier alpha value is -1.89. The molecule has 2 rings (SSSR count). The summed E-state index contributed by atoms with van der Waals surface area (Å²) >= 11 is 1.70. The maximum absolute atomic E-state index is 12.4. The highest BCUT2D eigenvalue weighted by molar-refractivity contribution is 7.99. The zero-order valence-electron chi connectivity index (χ0n) is 15.2. The Bertz CT molecular complexity index is 671. The van der Waals surface area contributed by atoms with E-state index in [4.69, 9.17) is 5.41 Å². The molecule has 1 fully saturated rings. The van der Waals surface area contributed by atoms with Crippen LogP contribution in [-0.2, 0) is 4.79 Å². The molecule has 0 spiro atoms. The van der Waals surface area contributed by atoms with Gasteiger partial charge in [-0.05, 0) is 43.2 Å². The number of rotatable bonds is 7. The first-order valence-corrected chi connectivity index (χ1v) is 9.57. The van der Waals surface area contributed by atoms with E-state index in [1.165, 1.54) is 25.3 Å². The summed E-state index contributed by atoms with van der Waals surface area (Å²) in [5.41, 5.74) is 1.58. The molecule has 1 atom stereocenters. The number of nitrogens with zero attached hydrogens (tertiary/aromatic N) is 1. The lowest BCUT2D eigenvalue weighted by molar-refractivity contribution is -0.117. The van der Waals surface area contributed by atoms with E-state index in [0.717, 1.165) is 10.8 Å². The van der Waals surface area contributed by atoms with Crippen molar-refractivity contribution >= 4 is 29.4 Å². The van der Waals surface area contributed by atoms with Gasteiger partial charge in [-0.1, -0.05) is 19.9 Å². The fourth-order valence-electron chi connectivity index (χ4n) is 2.28. The Morgan fingerprint density at radius 1 is 1.32 bits per heavy atom. The number of hydrogen-bond donors (Lipinski definition) is 3. The number of pyridine rings is 1. The third-order valence-electron chi connectivity index (χ3n) is 3.78. The lowest BCUT2D eigenvalue weighted by atomic mass is 10.1. The first-order valence-electron chi connectivity index (χ1n) is 8.58. The second-order valence-electron chi connectivity index (χ2n) is 6.86. The quantitative estimate of drug-likeness (QED) is 0.395. The highest BCUT2D eigenvalue weighted by Crippen LogP contribution is 2.43. The second-order valence-corrected chi connectivity index (χ2v) is 7.87. The molecule has 7 heteroatoms. The van der Waals surface area contributed by atoms with Gasteiger partial charge >= 0.3 is 0 Å². The largest absolute Gasteiger partial charge is 0.341 e. The van der Waals surface area contributed by atoms with Crippen LogP contribution in [0.25, 0.3) is 0 Å². The van der Waals surface area contributed by atoms with Crippen molar-refractivity contribution in [1.82, 2.24) is 15.6 Å². The van der Waals surface area contributed by atoms with Crippen molar-refractivity contribution in [3.8, 4) is 0 Å². The number of carbonyl (C=O) groups excluding carboxylic acids is 2. The van der Waals surface area contributed by atoms with Crippen molar-refractivity contribution < 1.29 is 9.59 Å². The first kappa shape index (κ1) is 19.4. The molecule has 0 bridgehead atoms. The van der Waals surface area contributed by atoms with E-state index < -0.39 is 6.04 Å². The second kappa shape index (κ2) is 8.47. The summed E-state index contributed by atoms with van der Waals surface area (Å²) in [6.07, 6.45) is 2.38. The average Bonchev–Trinajstić information content (AvgIpc) is 3.36. The van der Waals surface area contributed by atoms with Crippen LogP contribution < -0.4 is 10.6 Å². The van der Waals surface area contributed by atoms with E-state index >= 15 is 0 Å². The molecule has 136 valence electrons. The summed E-state index contributed by atoms with van der Waals surface area (Å²) in [7, 11) is 0. The van der Waals surface area contributed by atoms with Gasteiger partial charge in [-0.2, -0.15) is 0 Å². The predicted octanol–water partition coefficient (Wildman–Crippen LogP) is 2.94. The molecular weight excluding hydrogens is 336 g/mol. The van der Waals surface area contributed by atoms with Gasteiger partial charge < -0.3 is 10.6 Å². The van der Waals surface area contributed by atoms with Crippen LogP contribution >= 0.6 is 11.8 Å². The average molecular weight is 362 g/mol. The summed E-state index contributed by atoms with van der Waals surface area (Å²) in [6, 6.07) is 3.16. The predicted molar refractivity (Wildman–Crippen MR) is 100 cm³/mol. The summed E-state index contributed by atoms with van der Waals surface area (Å²) in [6.45, 7) is 7.31. The summed E-state index contributed by atoms with van der Waals surface area (Å²) in [4.78, 5) is 28.0. The van der Waals surface area contributed by atoms with Crippen molar-refractivity contribution in [3.05, 3.63) is 23.4 Å². The molecule has 1 heterocycles. The van der Waals surface area contributed by atoms with Gasteiger partial charge in [0.05, 0.1) is 6.04 Å². The van der Waals surface area contributed by atoms with Crippen LogP contribution in [0.3, 0.4) is 0 Å². The normalized spacial score (nSPS) is 14.9. The molecule has 1 aromatic heterocycles. The number of amidine groups is 1. The van der Waals surface area contributed by atoms with Crippen molar-refractivity contribution in [1.29, 1.82) is 5.41 Å². The molecule has 1 aliphatic rings. The molecule has 0 radical (unpaired) electrons. The van der Waals surface area contributed by atoms with E-state index in [2.05, 4.69) is 29.5 Å². The molecule has 1 saturated carbocycles. The topological polar surface area (TPSA) is 94.9 Å². The molecule has 1 aliphatic carbocycles. The minimum absolute atomic E-state index is 0.0372. The number of hydrogen-bond acceptors (Lipinski definition) is 5. The van der Waals surface area contributed by atoms with Crippen LogP contribution in [0, 0.1) is 11.3 Å². The minimum Gasteiger partial charge on any atom is -0.341 e. The van der Waals surface area contributed by atoms with Crippen molar-refractivity contribution in [3.63, 3.8) is 0 Å². The molecule has 3 N–H and O–H groups in total. The van der Waals surface area contributed by atoms with Gasteiger partial charge in [0.1, 0.15) is 16.6 Å². The highest BCUT2D eigenvalue weighted by atomic mass is 32.2. The number of carbonyl (C=O) groups is 2. The summed E-state index contributed by atoms with van der Waals surface area (Å²) in [5.74, 6) is 1.38. The Balaban J connectivity index is 2.09. The molecule has 1 unspecified atom stereocenters. The zero-order chi connectivity index (χ0) is 18.6. The van der Waals surface area contributed by atoms with Gasteiger partial charge in [-0.15, -0.1) is 11.8 Å². The monoisotopic (exact) mass is 362 g/mol. The van der Waals surface area contributed by atoms with Crippen molar-refractivity contribution in [2.75, 3.05) is 5.75 Å². The van der Waals surface area contributed by atoms with E-state index in [0.29, 0.717) is 17.5 Å². The molecule has 6 nitrogen and oxygen atoms in total. The smallest absolute Gasteiger partial charge is 0.270 e. The van der Waals surface area contributed by atoms with Crippen LogP contribution in [0.4, 0.5) is 0 Å². The van der Waals surface area contributed by atoms with Gasteiger partial charge in [0, 0.05) is 12.7 Å². The Morgan fingerprint density at radius 2 is 2.00 bits per heavy atom. The maximum atomic E-state index is 12.4. The SMILES string of the molecule is CC(=O)NC(=N)C(C)NC(=O)c1ccc(C2CC2)c(SCC(C)C)n1. The van der Waals surface area contributed by atoms with E-state index in [-0.39, 0.29) is 17.6 Å². The van der Waals surface area contributed by atoms with Crippen molar-refractivity contribution in [2.45, 2.75) is 57.5 Å². The minimum atomic E-state index is -0.590. The summed E-state index contributed by atoms with van der Waals surface area (Å²) in [5, 5.41) is 13.8. The van der Waals surface area contributed by atoms with E-state index in [1.807, 2.05) is 6.07 Å². The van der Waals surface area contributed by atoms with Gasteiger partial charge in [-0.3, -0.25) is 15.0 Å². The van der Waals surface area contributed by atoms with Gasteiger partial charge in [0.2, 0.25) is 5.91 Å². The Labute approximate surface area is 153 Å². The van der Waals surface area contributed by atoms with Crippen molar-refractivity contribution in [2.24, 2.45) is 5.92 Å². The van der Waals surface area contributed by atoms with E-state index in [1.54, 1.807) is 24.8 Å². The highest BCUT2D eigenvalue weighted by Gasteiger charge is 2.28. The van der Waals surface area contributed by atoms with Crippen LogP contribution in [0.2, 0.25) is 0 Å². The lowest BCUT2D eigenvalue weighted by Gasteiger charge is -2.16. The number of thioether (sulfide) groups is 1.